The third kappa shape index (κ3) is 5.22. The van der Waals surface area contributed by atoms with Crippen LogP contribution in [0.15, 0.2) is 34.9 Å². The second kappa shape index (κ2) is 10.6. The Morgan fingerprint density at radius 1 is 1.27 bits per heavy atom. The molecule has 7 heteroatoms. The molecule has 1 fully saturated rings. The Balaban J connectivity index is 0.00000169. The SMILES string of the molecule is Cc1nc(-c2ccco2)ccc1C(=O)NC(CN)C1CCCCC1.Cl.Cl. The molecule has 1 saturated carbocycles. The molecule has 3 rings (SSSR count). The number of carbonyl (C=O) groups excluding carboxylic acids is 1. The van der Waals surface area contributed by atoms with Crippen LogP contribution in [-0.4, -0.2) is 23.5 Å². The third-order valence-electron chi connectivity index (χ3n) is 4.89. The number of furan rings is 1. The van der Waals surface area contributed by atoms with E-state index in [0.717, 1.165) is 18.5 Å². The number of hydrogen-bond donors (Lipinski definition) is 2. The molecule has 5 nitrogen and oxygen atoms in total. The van der Waals surface area contributed by atoms with Crippen molar-refractivity contribution in [3.8, 4) is 11.5 Å². The zero-order valence-electron chi connectivity index (χ0n) is 14.9. The molecule has 0 saturated heterocycles. The Morgan fingerprint density at radius 2 is 2.00 bits per heavy atom. The van der Waals surface area contributed by atoms with E-state index in [-0.39, 0.29) is 36.8 Å². The number of nitrogens with one attached hydrogen (secondary N) is 1. The van der Waals surface area contributed by atoms with Crippen LogP contribution in [0.1, 0.15) is 48.2 Å². The van der Waals surface area contributed by atoms with Gasteiger partial charge in [-0.25, -0.2) is 4.98 Å². The van der Waals surface area contributed by atoms with Crippen LogP contribution < -0.4 is 11.1 Å². The number of nitrogens with two attached hydrogens (primary N) is 1. The second-order valence-corrected chi connectivity index (χ2v) is 6.52. The highest BCUT2D eigenvalue weighted by Gasteiger charge is 2.25. The maximum atomic E-state index is 12.6. The molecule has 2 aromatic heterocycles. The first kappa shape index (κ1) is 22.5. The standard InChI is InChI=1S/C19H25N3O2.2ClH/c1-13-15(9-10-16(21-13)18-8-5-11-24-18)19(23)22-17(12-20)14-6-3-2-4-7-14;;/h5,8-11,14,17H,2-4,6-7,12,20H2,1H3,(H,22,23);2*1H. The first-order valence-electron chi connectivity index (χ1n) is 8.71. The molecule has 3 N–H and O–H groups in total. The molecule has 0 radical (unpaired) electrons. The second-order valence-electron chi connectivity index (χ2n) is 6.52. The van der Waals surface area contributed by atoms with Crippen LogP contribution in [-0.2, 0) is 0 Å². The summed E-state index contributed by atoms with van der Waals surface area (Å²) >= 11 is 0. The number of rotatable bonds is 5. The summed E-state index contributed by atoms with van der Waals surface area (Å²) in [5, 5.41) is 3.12. The molecule has 144 valence electrons. The minimum atomic E-state index is -0.0907. The zero-order valence-corrected chi connectivity index (χ0v) is 16.6. The maximum absolute atomic E-state index is 12.6. The van der Waals surface area contributed by atoms with E-state index in [2.05, 4.69) is 10.3 Å². The minimum Gasteiger partial charge on any atom is -0.463 e. The van der Waals surface area contributed by atoms with Crippen molar-refractivity contribution in [1.29, 1.82) is 0 Å². The summed E-state index contributed by atoms with van der Waals surface area (Å²) in [4.78, 5) is 17.1. The Bertz CT molecular complexity index is 686. The highest BCUT2D eigenvalue weighted by molar-refractivity contribution is 5.95. The van der Waals surface area contributed by atoms with E-state index in [1.165, 1.54) is 19.3 Å². The van der Waals surface area contributed by atoms with Crippen LogP contribution in [0, 0.1) is 12.8 Å². The van der Waals surface area contributed by atoms with Gasteiger partial charge < -0.3 is 15.5 Å². The number of hydrogen-bond acceptors (Lipinski definition) is 4. The molecule has 0 aromatic carbocycles. The van der Waals surface area contributed by atoms with Gasteiger partial charge in [-0.05, 0) is 49.9 Å². The number of halogens is 2. The molecular weight excluding hydrogens is 373 g/mol. The van der Waals surface area contributed by atoms with Crippen LogP contribution in [0.25, 0.3) is 11.5 Å². The number of aromatic nitrogens is 1. The molecule has 1 aliphatic rings. The quantitative estimate of drug-likeness (QED) is 0.791. The van der Waals surface area contributed by atoms with Gasteiger partial charge >= 0.3 is 0 Å². The predicted molar refractivity (Wildman–Crippen MR) is 108 cm³/mol. The van der Waals surface area contributed by atoms with Gasteiger partial charge in [-0.2, -0.15) is 0 Å². The average molecular weight is 400 g/mol. The number of nitrogens with zero attached hydrogens (tertiary/aromatic N) is 1. The fourth-order valence-electron chi connectivity index (χ4n) is 3.51. The first-order chi connectivity index (χ1) is 11.7. The molecule has 1 amide bonds. The monoisotopic (exact) mass is 399 g/mol. The Kier molecular flexibility index (Phi) is 9.13. The van der Waals surface area contributed by atoms with Gasteiger partial charge in [0.05, 0.1) is 17.5 Å². The molecule has 1 unspecified atom stereocenters. The van der Waals surface area contributed by atoms with Crippen molar-refractivity contribution < 1.29 is 9.21 Å². The lowest BCUT2D eigenvalue weighted by molar-refractivity contribution is 0.0914. The largest absolute Gasteiger partial charge is 0.463 e. The predicted octanol–water partition coefficient (Wildman–Crippen LogP) is 4.13. The lowest BCUT2D eigenvalue weighted by atomic mass is 9.84. The minimum absolute atomic E-state index is 0. The van der Waals surface area contributed by atoms with Gasteiger partial charge in [0.25, 0.3) is 5.91 Å². The maximum Gasteiger partial charge on any atom is 0.253 e. The topological polar surface area (TPSA) is 81.2 Å². The van der Waals surface area contributed by atoms with Gasteiger partial charge in [-0.3, -0.25) is 4.79 Å². The van der Waals surface area contributed by atoms with Gasteiger partial charge in [-0.1, -0.05) is 19.3 Å². The van der Waals surface area contributed by atoms with Gasteiger partial charge in [-0.15, -0.1) is 24.8 Å². The van der Waals surface area contributed by atoms with Crippen LogP contribution in [0.3, 0.4) is 0 Å². The van der Waals surface area contributed by atoms with E-state index in [1.807, 2.05) is 31.2 Å². The highest BCUT2D eigenvalue weighted by atomic mass is 35.5. The van der Waals surface area contributed by atoms with Crippen molar-refractivity contribution in [3.05, 3.63) is 41.8 Å². The molecule has 1 aliphatic carbocycles. The van der Waals surface area contributed by atoms with Crippen LogP contribution >= 0.6 is 24.8 Å². The lowest BCUT2D eigenvalue weighted by Gasteiger charge is -2.30. The van der Waals surface area contributed by atoms with Crippen molar-refractivity contribution in [2.45, 2.75) is 45.1 Å². The van der Waals surface area contributed by atoms with Crippen molar-refractivity contribution in [2.24, 2.45) is 11.7 Å². The summed E-state index contributed by atoms with van der Waals surface area (Å²) in [7, 11) is 0. The zero-order chi connectivity index (χ0) is 16.9. The van der Waals surface area contributed by atoms with E-state index in [4.69, 9.17) is 10.2 Å². The molecule has 26 heavy (non-hydrogen) atoms. The fourth-order valence-corrected chi connectivity index (χ4v) is 3.51. The summed E-state index contributed by atoms with van der Waals surface area (Å²) in [6.07, 6.45) is 7.67. The van der Waals surface area contributed by atoms with E-state index >= 15 is 0 Å². The van der Waals surface area contributed by atoms with Gasteiger partial charge in [0.1, 0.15) is 5.69 Å². The Morgan fingerprint density at radius 3 is 2.58 bits per heavy atom. The molecule has 0 bridgehead atoms. The fraction of sp³-hybridized carbons (Fsp3) is 0.474. The van der Waals surface area contributed by atoms with E-state index in [0.29, 0.717) is 29.5 Å². The normalized spacial score (nSPS) is 15.5. The molecular formula is C19H27Cl2N3O2. The number of pyridine rings is 1. The van der Waals surface area contributed by atoms with E-state index < -0.39 is 0 Å². The molecule has 0 aliphatic heterocycles. The van der Waals surface area contributed by atoms with Gasteiger partial charge in [0.2, 0.25) is 0 Å². The average Bonchev–Trinajstić information content (AvgIpc) is 3.14. The van der Waals surface area contributed by atoms with Crippen molar-refractivity contribution >= 4 is 30.7 Å². The van der Waals surface area contributed by atoms with Gasteiger partial charge in [0, 0.05) is 12.6 Å². The summed E-state index contributed by atoms with van der Waals surface area (Å²) in [5.74, 6) is 1.10. The molecule has 2 heterocycles. The van der Waals surface area contributed by atoms with Crippen LogP contribution in [0.4, 0.5) is 0 Å². The van der Waals surface area contributed by atoms with Crippen molar-refractivity contribution in [2.75, 3.05) is 6.54 Å². The Hall–Kier alpha value is -1.56. The lowest BCUT2D eigenvalue weighted by Crippen LogP contribution is -2.46. The Labute approximate surface area is 167 Å². The van der Waals surface area contributed by atoms with Crippen molar-refractivity contribution in [3.63, 3.8) is 0 Å². The highest BCUT2D eigenvalue weighted by Crippen LogP contribution is 2.26. The summed E-state index contributed by atoms with van der Waals surface area (Å²) in [5.41, 5.74) is 7.94. The smallest absolute Gasteiger partial charge is 0.253 e. The van der Waals surface area contributed by atoms with Crippen LogP contribution in [0.5, 0.6) is 0 Å². The van der Waals surface area contributed by atoms with E-state index in [9.17, 15) is 4.79 Å². The van der Waals surface area contributed by atoms with E-state index in [1.54, 1.807) is 6.26 Å². The van der Waals surface area contributed by atoms with Gasteiger partial charge in [0.15, 0.2) is 5.76 Å². The first-order valence-corrected chi connectivity index (χ1v) is 8.71. The molecule has 0 spiro atoms. The summed E-state index contributed by atoms with van der Waals surface area (Å²) in [6.45, 7) is 2.33. The van der Waals surface area contributed by atoms with Crippen molar-refractivity contribution in [1.82, 2.24) is 10.3 Å². The number of carbonyl (C=O) groups is 1. The van der Waals surface area contributed by atoms with Crippen LogP contribution in [0.2, 0.25) is 0 Å². The third-order valence-corrected chi connectivity index (χ3v) is 4.89. The number of amides is 1. The molecule has 2 aromatic rings. The summed E-state index contributed by atoms with van der Waals surface area (Å²) in [6, 6.07) is 7.35. The molecule has 1 atom stereocenters. The number of aryl methyl sites for hydroxylation is 1. The summed E-state index contributed by atoms with van der Waals surface area (Å²) < 4.78 is 5.36.